The molecule has 0 aromatic heterocycles. The molecule has 0 aliphatic carbocycles. The number of nitrogens with zero attached hydrogens (tertiary/aromatic N) is 2. The summed E-state index contributed by atoms with van der Waals surface area (Å²) in [6.07, 6.45) is 1.58. The second-order valence-corrected chi connectivity index (χ2v) is 7.90. The third kappa shape index (κ3) is 4.55. The number of rotatable bonds is 6. The Bertz CT molecular complexity index is 973. The summed E-state index contributed by atoms with van der Waals surface area (Å²) in [6, 6.07) is 14.6. The van der Waals surface area contributed by atoms with Crippen molar-refractivity contribution in [1.82, 2.24) is 10.2 Å². The molecule has 0 saturated carbocycles. The molecular formula is C24H27N3O4. The van der Waals surface area contributed by atoms with E-state index in [1.165, 1.54) is 0 Å². The summed E-state index contributed by atoms with van der Waals surface area (Å²) in [5, 5.41) is 2.84. The predicted octanol–water partition coefficient (Wildman–Crippen LogP) is 2.74. The van der Waals surface area contributed by atoms with E-state index in [4.69, 9.17) is 4.74 Å². The summed E-state index contributed by atoms with van der Waals surface area (Å²) in [4.78, 5) is 41.1. The lowest BCUT2D eigenvalue weighted by atomic mass is 10.1. The van der Waals surface area contributed by atoms with Gasteiger partial charge in [-0.3, -0.25) is 14.4 Å². The first-order valence-electron chi connectivity index (χ1n) is 10.8. The molecule has 4 rings (SSSR count). The Kier molecular flexibility index (Phi) is 6.21. The Morgan fingerprint density at radius 2 is 1.90 bits per heavy atom. The number of ether oxygens (including phenoxy) is 1. The van der Waals surface area contributed by atoms with Gasteiger partial charge in [0.15, 0.2) is 6.10 Å². The summed E-state index contributed by atoms with van der Waals surface area (Å²) >= 11 is 0. The van der Waals surface area contributed by atoms with Gasteiger partial charge in [-0.05, 0) is 42.7 Å². The predicted molar refractivity (Wildman–Crippen MR) is 117 cm³/mol. The second-order valence-electron chi connectivity index (χ2n) is 7.90. The zero-order valence-electron chi connectivity index (χ0n) is 17.7. The maximum atomic E-state index is 13.3. The van der Waals surface area contributed by atoms with E-state index >= 15 is 0 Å². The third-order valence-electron chi connectivity index (χ3n) is 5.61. The van der Waals surface area contributed by atoms with Gasteiger partial charge in [0.2, 0.25) is 5.91 Å². The van der Waals surface area contributed by atoms with Crippen molar-refractivity contribution in [2.24, 2.45) is 0 Å². The summed E-state index contributed by atoms with van der Waals surface area (Å²) < 4.78 is 5.87. The summed E-state index contributed by atoms with van der Waals surface area (Å²) in [5.41, 5.74) is 2.17. The molecule has 2 heterocycles. The van der Waals surface area contributed by atoms with Crippen LogP contribution in [0.5, 0.6) is 5.75 Å². The SMILES string of the molecule is CCCNC(=O)[C@H]1CN(C(=O)c2ccc(CN3CCCC3=O)cc2)c2ccccc2O1. The quantitative estimate of drug-likeness (QED) is 0.778. The van der Waals surface area contributed by atoms with Crippen LogP contribution in [0.15, 0.2) is 48.5 Å². The fourth-order valence-electron chi connectivity index (χ4n) is 3.93. The van der Waals surface area contributed by atoms with Crippen molar-refractivity contribution in [2.75, 3.05) is 24.5 Å². The van der Waals surface area contributed by atoms with Crippen molar-refractivity contribution in [3.63, 3.8) is 0 Å². The zero-order valence-corrected chi connectivity index (χ0v) is 17.7. The minimum absolute atomic E-state index is 0.148. The Labute approximate surface area is 182 Å². The monoisotopic (exact) mass is 421 g/mol. The van der Waals surface area contributed by atoms with Gasteiger partial charge in [0.1, 0.15) is 5.75 Å². The van der Waals surface area contributed by atoms with Gasteiger partial charge in [-0.25, -0.2) is 0 Å². The van der Waals surface area contributed by atoms with Gasteiger partial charge in [0, 0.05) is 31.6 Å². The molecule has 3 amide bonds. The van der Waals surface area contributed by atoms with E-state index in [9.17, 15) is 14.4 Å². The maximum absolute atomic E-state index is 13.3. The molecule has 2 aromatic rings. The van der Waals surface area contributed by atoms with E-state index in [0.29, 0.717) is 36.5 Å². The molecule has 0 unspecified atom stereocenters. The highest BCUT2D eigenvalue weighted by atomic mass is 16.5. The summed E-state index contributed by atoms with van der Waals surface area (Å²) in [6.45, 7) is 4.04. The van der Waals surface area contributed by atoms with Crippen LogP contribution < -0.4 is 15.0 Å². The molecule has 2 aliphatic rings. The number of carbonyl (C=O) groups is 3. The highest BCUT2D eigenvalue weighted by Crippen LogP contribution is 2.34. The first-order chi connectivity index (χ1) is 15.1. The number of amides is 3. The number of fused-ring (bicyclic) bond motifs is 1. The smallest absolute Gasteiger partial charge is 0.262 e. The van der Waals surface area contributed by atoms with Gasteiger partial charge in [-0.2, -0.15) is 0 Å². The molecule has 162 valence electrons. The van der Waals surface area contributed by atoms with Crippen LogP contribution in [0.2, 0.25) is 0 Å². The molecule has 0 bridgehead atoms. The Balaban J connectivity index is 1.52. The molecule has 2 aromatic carbocycles. The lowest BCUT2D eigenvalue weighted by Crippen LogP contribution is -2.50. The Hall–Kier alpha value is -3.35. The number of hydrogen-bond acceptors (Lipinski definition) is 4. The third-order valence-corrected chi connectivity index (χ3v) is 5.61. The van der Waals surface area contributed by atoms with Gasteiger partial charge in [-0.1, -0.05) is 31.2 Å². The normalized spacial score (nSPS) is 17.8. The Morgan fingerprint density at radius 1 is 1.13 bits per heavy atom. The van der Waals surface area contributed by atoms with Crippen LogP contribution in [0.25, 0.3) is 0 Å². The molecule has 1 fully saturated rings. The lowest BCUT2D eigenvalue weighted by molar-refractivity contribution is -0.128. The number of nitrogens with one attached hydrogen (secondary N) is 1. The highest BCUT2D eigenvalue weighted by Gasteiger charge is 2.34. The van der Waals surface area contributed by atoms with Gasteiger partial charge in [0.05, 0.1) is 12.2 Å². The number of hydrogen-bond donors (Lipinski definition) is 1. The molecule has 31 heavy (non-hydrogen) atoms. The average molecular weight is 421 g/mol. The largest absolute Gasteiger partial charge is 0.477 e. The standard InChI is InChI=1S/C24H27N3O4/c1-2-13-25-23(29)21-16-27(19-6-3-4-7-20(19)31-21)24(30)18-11-9-17(10-12-18)15-26-14-5-8-22(26)28/h3-4,6-7,9-12,21H,2,5,8,13-16H2,1H3,(H,25,29)/t21-/m1/s1. The Morgan fingerprint density at radius 3 is 2.61 bits per heavy atom. The first-order valence-corrected chi connectivity index (χ1v) is 10.8. The molecule has 0 spiro atoms. The van der Waals surface area contributed by atoms with Crippen molar-refractivity contribution < 1.29 is 19.1 Å². The van der Waals surface area contributed by atoms with Gasteiger partial charge >= 0.3 is 0 Å². The molecule has 1 atom stereocenters. The molecule has 1 saturated heterocycles. The fraction of sp³-hybridized carbons (Fsp3) is 0.375. The van der Waals surface area contributed by atoms with Crippen molar-refractivity contribution in [2.45, 2.75) is 38.8 Å². The van der Waals surface area contributed by atoms with Crippen LogP contribution in [0, 0.1) is 0 Å². The van der Waals surface area contributed by atoms with Crippen LogP contribution in [0.4, 0.5) is 5.69 Å². The number of carbonyl (C=O) groups excluding carboxylic acids is 3. The van der Waals surface area contributed by atoms with Crippen molar-refractivity contribution in [3.8, 4) is 5.75 Å². The van der Waals surface area contributed by atoms with E-state index < -0.39 is 6.10 Å². The van der Waals surface area contributed by atoms with Crippen molar-refractivity contribution in [1.29, 1.82) is 0 Å². The van der Waals surface area contributed by atoms with E-state index in [0.717, 1.165) is 24.9 Å². The van der Waals surface area contributed by atoms with Gasteiger partial charge < -0.3 is 19.9 Å². The molecular weight excluding hydrogens is 394 g/mol. The number of para-hydroxylation sites is 2. The van der Waals surface area contributed by atoms with Crippen LogP contribution >= 0.6 is 0 Å². The zero-order chi connectivity index (χ0) is 21.8. The van der Waals surface area contributed by atoms with E-state index in [2.05, 4.69) is 5.32 Å². The number of anilines is 1. The summed E-state index contributed by atoms with van der Waals surface area (Å²) in [7, 11) is 0. The topological polar surface area (TPSA) is 79.0 Å². The lowest BCUT2D eigenvalue weighted by Gasteiger charge is -2.34. The highest BCUT2D eigenvalue weighted by molar-refractivity contribution is 6.07. The molecule has 7 nitrogen and oxygen atoms in total. The number of benzene rings is 2. The fourth-order valence-corrected chi connectivity index (χ4v) is 3.93. The molecule has 7 heteroatoms. The van der Waals surface area contributed by atoms with Crippen molar-refractivity contribution >= 4 is 23.4 Å². The van der Waals surface area contributed by atoms with Crippen LogP contribution in [0.3, 0.4) is 0 Å². The maximum Gasteiger partial charge on any atom is 0.262 e. The summed E-state index contributed by atoms with van der Waals surface area (Å²) in [5.74, 6) is 0.285. The van der Waals surface area contributed by atoms with Gasteiger partial charge in [0.25, 0.3) is 11.8 Å². The van der Waals surface area contributed by atoms with Gasteiger partial charge in [-0.15, -0.1) is 0 Å². The first kappa shape index (κ1) is 20.9. The van der Waals surface area contributed by atoms with Crippen LogP contribution in [-0.4, -0.2) is 48.4 Å². The molecule has 1 N–H and O–H groups in total. The van der Waals surface area contributed by atoms with E-state index in [-0.39, 0.29) is 24.3 Å². The minimum Gasteiger partial charge on any atom is -0.477 e. The van der Waals surface area contributed by atoms with E-state index in [1.807, 2.05) is 42.2 Å². The molecule has 0 radical (unpaired) electrons. The second kappa shape index (κ2) is 9.20. The minimum atomic E-state index is -0.758. The molecule has 2 aliphatic heterocycles. The van der Waals surface area contributed by atoms with Crippen molar-refractivity contribution in [3.05, 3.63) is 59.7 Å². The van der Waals surface area contributed by atoms with E-state index in [1.54, 1.807) is 23.1 Å². The number of likely N-dealkylation sites (tertiary alicyclic amines) is 1. The van der Waals surface area contributed by atoms with Crippen LogP contribution in [0.1, 0.15) is 42.1 Å². The van der Waals surface area contributed by atoms with Crippen LogP contribution in [-0.2, 0) is 16.1 Å². The average Bonchev–Trinajstić information content (AvgIpc) is 3.21.